The van der Waals surface area contributed by atoms with Gasteiger partial charge in [-0.25, -0.2) is 0 Å². The van der Waals surface area contributed by atoms with Gasteiger partial charge in [0, 0.05) is 32.0 Å². The van der Waals surface area contributed by atoms with Crippen LogP contribution >= 0.6 is 0 Å². The summed E-state index contributed by atoms with van der Waals surface area (Å²) in [6.45, 7) is 2.77. The number of hydrogen-bond donors (Lipinski definition) is 1. The zero-order chi connectivity index (χ0) is 14.7. The molecule has 0 radical (unpaired) electrons. The zero-order valence-electron chi connectivity index (χ0n) is 11.7. The van der Waals surface area contributed by atoms with Crippen LogP contribution in [0.2, 0.25) is 0 Å². The van der Waals surface area contributed by atoms with Gasteiger partial charge in [-0.2, -0.15) is 5.10 Å². The summed E-state index contributed by atoms with van der Waals surface area (Å²) in [6, 6.07) is 10.2. The molecule has 6 nitrogen and oxygen atoms in total. The highest BCUT2D eigenvalue weighted by Gasteiger charge is 2.28. The smallest absolute Gasteiger partial charge is 0.255 e. The Morgan fingerprint density at radius 1 is 1.38 bits per heavy atom. The van der Waals surface area contributed by atoms with Gasteiger partial charge in [0.2, 0.25) is 0 Å². The maximum Gasteiger partial charge on any atom is 0.255 e. The standard InChI is InChI=1S/C15H18N4O2/c16-15(20)11-21-14-4-1-3-12(7-14)8-18-9-13(10-18)19-6-2-5-17-19/h1-7,13H,8-11H2,(H2,16,20). The van der Waals surface area contributed by atoms with E-state index in [4.69, 9.17) is 10.5 Å². The minimum absolute atomic E-state index is 0.0887. The van der Waals surface area contributed by atoms with Crippen LogP contribution in [0.25, 0.3) is 0 Å². The van der Waals surface area contributed by atoms with Crippen molar-refractivity contribution in [1.82, 2.24) is 14.7 Å². The summed E-state index contributed by atoms with van der Waals surface area (Å²) in [7, 11) is 0. The predicted molar refractivity (Wildman–Crippen MR) is 77.7 cm³/mol. The van der Waals surface area contributed by atoms with E-state index in [0.717, 1.165) is 25.2 Å². The van der Waals surface area contributed by atoms with Crippen LogP contribution in [0.4, 0.5) is 0 Å². The molecule has 6 heteroatoms. The number of ether oxygens (including phenoxy) is 1. The normalized spacial score (nSPS) is 15.6. The monoisotopic (exact) mass is 286 g/mol. The van der Waals surface area contributed by atoms with E-state index in [1.165, 1.54) is 0 Å². The molecule has 1 amide bonds. The van der Waals surface area contributed by atoms with Gasteiger partial charge in [-0.3, -0.25) is 14.4 Å². The third-order valence-electron chi connectivity index (χ3n) is 3.52. The van der Waals surface area contributed by atoms with Crippen LogP contribution in [0, 0.1) is 0 Å². The third kappa shape index (κ3) is 3.41. The molecule has 2 N–H and O–H groups in total. The van der Waals surface area contributed by atoms with Gasteiger partial charge >= 0.3 is 0 Å². The lowest BCUT2D eigenvalue weighted by molar-refractivity contribution is -0.119. The molecule has 1 aliphatic rings. The minimum atomic E-state index is -0.467. The second-order valence-corrected chi connectivity index (χ2v) is 5.24. The number of benzene rings is 1. The predicted octanol–water partition coefficient (Wildman–Crippen LogP) is 0.804. The van der Waals surface area contributed by atoms with E-state index in [-0.39, 0.29) is 6.61 Å². The molecule has 0 atom stereocenters. The summed E-state index contributed by atoms with van der Waals surface area (Å²) in [5, 5.41) is 4.26. The Bertz CT molecular complexity index is 606. The lowest BCUT2D eigenvalue weighted by atomic mass is 10.1. The summed E-state index contributed by atoms with van der Waals surface area (Å²) in [4.78, 5) is 13.1. The summed E-state index contributed by atoms with van der Waals surface area (Å²) in [5.74, 6) is 0.209. The van der Waals surface area contributed by atoms with Crippen molar-refractivity contribution in [1.29, 1.82) is 0 Å². The fraction of sp³-hybridized carbons (Fsp3) is 0.333. The molecule has 21 heavy (non-hydrogen) atoms. The second-order valence-electron chi connectivity index (χ2n) is 5.24. The summed E-state index contributed by atoms with van der Waals surface area (Å²) >= 11 is 0. The first-order valence-corrected chi connectivity index (χ1v) is 6.92. The highest BCUT2D eigenvalue weighted by Crippen LogP contribution is 2.23. The number of hydrogen-bond acceptors (Lipinski definition) is 4. The number of carbonyl (C=O) groups is 1. The Balaban J connectivity index is 1.52. The molecule has 1 aromatic carbocycles. The second kappa shape index (κ2) is 5.97. The Kier molecular flexibility index (Phi) is 3.87. The van der Waals surface area contributed by atoms with E-state index in [0.29, 0.717) is 11.8 Å². The number of nitrogens with zero attached hydrogens (tertiary/aromatic N) is 3. The molecule has 0 bridgehead atoms. The van der Waals surface area contributed by atoms with Crippen LogP contribution in [0.5, 0.6) is 5.75 Å². The fourth-order valence-electron chi connectivity index (χ4n) is 2.48. The molecule has 1 aromatic heterocycles. The zero-order valence-corrected chi connectivity index (χ0v) is 11.7. The van der Waals surface area contributed by atoms with Crippen molar-refractivity contribution in [3.63, 3.8) is 0 Å². The largest absolute Gasteiger partial charge is 0.484 e. The molecule has 2 aromatic rings. The van der Waals surface area contributed by atoms with Crippen LogP contribution in [0.1, 0.15) is 11.6 Å². The number of primary amides is 1. The number of amides is 1. The number of aromatic nitrogens is 2. The summed E-state index contributed by atoms with van der Waals surface area (Å²) in [5.41, 5.74) is 6.23. The molecule has 0 spiro atoms. The molecule has 0 saturated carbocycles. The molecule has 1 saturated heterocycles. The number of nitrogens with two attached hydrogens (primary N) is 1. The van der Waals surface area contributed by atoms with E-state index in [2.05, 4.69) is 16.1 Å². The fourth-order valence-corrected chi connectivity index (χ4v) is 2.48. The lowest BCUT2D eigenvalue weighted by Crippen LogP contribution is -2.47. The average Bonchev–Trinajstić information content (AvgIpc) is 2.94. The van der Waals surface area contributed by atoms with Crippen molar-refractivity contribution >= 4 is 5.91 Å². The maximum atomic E-state index is 10.7. The molecule has 2 heterocycles. The molecular weight excluding hydrogens is 268 g/mol. The first-order chi connectivity index (χ1) is 10.2. The number of carbonyl (C=O) groups excluding carboxylic acids is 1. The summed E-state index contributed by atoms with van der Waals surface area (Å²) in [6.07, 6.45) is 3.81. The molecule has 0 unspecified atom stereocenters. The molecule has 3 rings (SSSR count). The van der Waals surface area contributed by atoms with Gasteiger partial charge in [-0.15, -0.1) is 0 Å². The van der Waals surface area contributed by atoms with Crippen LogP contribution in [-0.2, 0) is 11.3 Å². The van der Waals surface area contributed by atoms with Gasteiger partial charge in [0.05, 0.1) is 6.04 Å². The maximum absolute atomic E-state index is 10.7. The van der Waals surface area contributed by atoms with Crippen LogP contribution in [0.15, 0.2) is 42.7 Å². The lowest BCUT2D eigenvalue weighted by Gasteiger charge is -2.39. The van der Waals surface area contributed by atoms with E-state index < -0.39 is 5.91 Å². The van der Waals surface area contributed by atoms with Gasteiger partial charge in [-0.1, -0.05) is 12.1 Å². The Morgan fingerprint density at radius 3 is 2.95 bits per heavy atom. The average molecular weight is 286 g/mol. The van der Waals surface area contributed by atoms with Crippen LogP contribution in [0.3, 0.4) is 0 Å². The van der Waals surface area contributed by atoms with Crippen molar-refractivity contribution < 1.29 is 9.53 Å². The van der Waals surface area contributed by atoms with Crippen molar-refractivity contribution in [3.05, 3.63) is 48.3 Å². The van der Waals surface area contributed by atoms with E-state index >= 15 is 0 Å². The molecule has 1 aliphatic heterocycles. The van der Waals surface area contributed by atoms with Crippen molar-refractivity contribution in [2.45, 2.75) is 12.6 Å². The SMILES string of the molecule is NC(=O)COc1cccc(CN2CC(n3cccn3)C2)c1. The number of likely N-dealkylation sites (tertiary alicyclic amines) is 1. The van der Waals surface area contributed by atoms with E-state index in [1.54, 1.807) is 0 Å². The molecular formula is C15H18N4O2. The van der Waals surface area contributed by atoms with Crippen LogP contribution < -0.4 is 10.5 Å². The molecule has 1 fully saturated rings. The minimum Gasteiger partial charge on any atom is -0.484 e. The van der Waals surface area contributed by atoms with Gasteiger partial charge in [0.15, 0.2) is 6.61 Å². The van der Waals surface area contributed by atoms with Gasteiger partial charge in [-0.05, 0) is 23.8 Å². The Labute approximate surface area is 123 Å². The van der Waals surface area contributed by atoms with Crippen molar-refractivity contribution in [3.8, 4) is 5.75 Å². The van der Waals surface area contributed by atoms with Gasteiger partial charge < -0.3 is 10.5 Å². The van der Waals surface area contributed by atoms with Gasteiger partial charge in [0.25, 0.3) is 5.91 Å². The quantitative estimate of drug-likeness (QED) is 0.852. The molecule has 0 aliphatic carbocycles. The summed E-state index contributed by atoms with van der Waals surface area (Å²) < 4.78 is 7.32. The topological polar surface area (TPSA) is 73.4 Å². The Morgan fingerprint density at radius 2 is 2.24 bits per heavy atom. The molecule has 110 valence electrons. The first kappa shape index (κ1) is 13.6. The highest BCUT2D eigenvalue weighted by molar-refractivity contribution is 5.75. The Hall–Kier alpha value is -2.34. The van der Waals surface area contributed by atoms with Crippen molar-refractivity contribution in [2.24, 2.45) is 5.73 Å². The van der Waals surface area contributed by atoms with Crippen molar-refractivity contribution in [2.75, 3.05) is 19.7 Å². The first-order valence-electron chi connectivity index (χ1n) is 6.92. The highest BCUT2D eigenvalue weighted by atomic mass is 16.5. The van der Waals surface area contributed by atoms with E-state index in [9.17, 15) is 4.79 Å². The number of rotatable bonds is 6. The van der Waals surface area contributed by atoms with Crippen LogP contribution in [-0.4, -0.2) is 40.3 Å². The van der Waals surface area contributed by atoms with Gasteiger partial charge in [0.1, 0.15) is 5.75 Å². The third-order valence-corrected chi connectivity index (χ3v) is 3.52. The van der Waals surface area contributed by atoms with E-state index in [1.807, 2.05) is 41.3 Å².